The van der Waals surface area contributed by atoms with Crippen LogP contribution in [-0.4, -0.2) is 39.1 Å². The van der Waals surface area contributed by atoms with Crippen LogP contribution in [0.15, 0.2) is 24.3 Å². The van der Waals surface area contributed by atoms with Crippen LogP contribution in [-0.2, 0) is 21.3 Å². The molecule has 4 fully saturated rings. The number of piperidine rings is 3. The Balaban J connectivity index is 1.60. The lowest BCUT2D eigenvalue weighted by atomic mass is 9.60. The van der Waals surface area contributed by atoms with Gasteiger partial charge in [0.15, 0.2) is 12.5 Å². The van der Waals surface area contributed by atoms with Crippen LogP contribution in [0.2, 0.25) is 0 Å². The van der Waals surface area contributed by atoms with Gasteiger partial charge in [-0.15, -0.1) is 0 Å². The van der Waals surface area contributed by atoms with Gasteiger partial charge in [0.2, 0.25) is 0 Å². The van der Waals surface area contributed by atoms with E-state index in [0.717, 1.165) is 12.8 Å². The molecule has 0 saturated carbocycles. The molecule has 4 saturated heterocycles. The molecule has 148 valence electrons. The molecule has 6 heteroatoms. The van der Waals surface area contributed by atoms with Crippen LogP contribution in [0.5, 0.6) is 0 Å². The first-order chi connectivity index (χ1) is 13.5. The molecule has 28 heavy (non-hydrogen) atoms. The van der Waals surface area contributed by atoms with Crippen LogP contribution >= 0.6 is 0 Å². The lowest BCUT2D eigenvalue weighted by molar-refractivity contribution is -0.233. The largest absolute Gasteiger partial charge is 0.446 e. The van der Waals surface area contributed by atoms with Crippen molar-refractivity contribution in [1.29, 1.82) is 0 Å². The summed E-state index contributed by atoms with van der Waals surface area (Å²) in [4.78, 5) is 14.3. The number of fused-ring (bicyclic) bond motifs is 5. The van der Waals surface area contributed by atoms with Gasteiger partial charge in [-0.05, 0) is 24.8 Å². The minimum absolute atomic E-state index is 0.0595. The van der Waals surface area contributed by atoms with Crippen molar-refractivity contribution in [2.24, 2.45) is 24.8 Å². The normalized spacial score (nSPS) is 42.6. The average molecular weight is 382 g/mol. The van der Waals surface area contributed by atoms with Gasteiger partial charge in [-0.3, -0.25) is 9.69 Å². The molecule has 0 radical (unpaired) electrons. The van der Waals surface area contributed by atoms with Crippen molar-refractivity contribution in [2.45, 2.75) is 57.4 Å². The van der Waals surface area contributed by atoms with Crippen molar-refractivity contribution < 1.29 is 19.4 Å². The summed E-state index contributed by atoms with van der Waals surface area (Å²) < 4.78 is 14.4. The monoisotopic (exact) mass is 382 g/mol. The van der Waals surface area contributed by atoms with E-state index in [1.54, 1.807) is 0 Å². The molecular weight excluding hydrogens is 356 g/mol. The number of hydrogen-bond acceptors (Lipinski definition) is 5. The van der Waals surface area contributed by atoms with E-state index in [-0.39, 0.29) is 42.2 Å². The van der Waals surface area contributed by atoms with Crippen molar-refractivity contribution in [3.05, 3.63) is 35.5 Å². The van der Waals surface area contributed by atoms with E-state index in [4.69, 9.17) is 9.47 Å². The SMILES string of the molecule is CC[C@H]1[C@@H]2C[C@H]3c4c(c5ccccc5n4C)[C@H]4O[C@H](O)[C@@H]2C4N3[C@@H]1OC(C)=O. The molecule has 0 aliphatic carbocycles. The minimum Gasteiger partial charge on any atom is -0.446 e. The number of para-hydroxylation sites is 1. The molecule has 7 rings (SSSR count). The smallest absolute Gasteiger partial charge is 0.304 e. The van der Waals surface area contributed by atoms with Gasteiger partial charge in [0.05, 0.1) is 12.1 Å². The molecule has 1 aromatic heterocycles. The number of rotatable bonds is 2. The van der Waals surface area contributed by atoms with Crippen molar-refractivity contribution in [3.63, 3.8) is 0 Å². The fourth-order valence-electron chi connectivity index (χ4n) is 6.95. The van der Waals surface area contributed by atoms with Crippen LogP contribution in [0.4, 0.5) is 0 Å². The molecule has 1 N–H and O–H groups in total. The van der Waals surface area contributed by atoms with Gasteiger partial charge in [0, 0.05) is 48.0 Å². The summed E-state index contributed by atoms with van der Waals surface area (Å²) in [5.41, 5.74) is 3.67. The Labute approximate surface area is 164 Å². The molecule has 6 nitrogen and oxygen atoms in total. The van der Waals surface area contributed by atoms with E-state index in [1.807, 2.05) is 0 Å². The first-order valence-corrected chi connectivity index (χ1v) is 10.4. The van der Waals surface area contributed by atoms with E-state index in [0.29, 0.717) is 5.92 Å². The van der Waals surface area contributed by atoms with Gasteiger partial charge in [-0.1, -0.05) is 25.1 Å². The zero-order chi connectivity index (χ0) is 19.3. The number of nitrogens with zero attached hydrogens (tertiary/aromatic N) is 2. The van der Waals surface area contributed by atoms with Crippen LogP contribution in [0.1, 0.15) is 50.1 Å². The molecular formula is C22H26N2O4. The number of esters is 1. The first kappa shape index (κ1) is 17.0. The number of aromatic nitrogens is 1. The summed E-state index contributed by atoms with van der Waals surface area (Å²) >= 11 is 0. The highest BCUT2D eigenvalue weighted by Gasteiger charge is 2.67. The fraction of sp³-hybridized carbons (Fsp3) is 0.591. The molecule has 5 aliphatic heterocycles. The Morgan fingerprint density at radius 1 is 1.36 bits per heavy atom. The maximum Gasteiger partial charge on any atom is 0.304 e. The summed E-state index contributed by atoms with van der Waals surface area (Å²) in [7, 11) is 2.12. The van der Waals surface area contributed by atoms with E-state index in [2.05, 4.69) is 47.7 Å². The molecule has 4 bridgehead atoms. The Morgan fingerprint density at radius 3 is 2.89 bits per heavy atom. The zero-order valence-corrected chi connectivity index (χ0v) is 16.4. The van der Waals surface area contributed by atoms with Crippen LogP contribution in [0, 0.1) is 17.8 Å². The summed E-state index contributed by atoms with van der Waals surface area (Å²) in [6.45, 7) is 3.65. The Bertz CT molecular complexity index is 984. The van der Waals surface area contributed by atoms with Gasteiger partial charge < -0.3 is 19.1 Å². The van der Waals surface area contributed by atoms with E-state index < -0.39 is 6.29 Å². The number of aryl methyl sites for hydroxylation is 1. The van der Waals surface area contributed by atoms with E-state index in [9.17, 15) is 9.90 Å². The lowest BCUT2D eigenvalue weighted by Crippen LogP contribution is -2.68. The van der Waals surface area contributed by atoms with Gasteiger partial charge in [-0.25, -0.2) is 0 Å². The number of benzene rings is 1. The molecule has 9 atom stereocenters. The molecule has 5 aliphatic rings. The highest BCUT2D eigenvalue weighted by molar-refractivity contribution is 5.86. The number of hydrogen-bond donors (Lipinski definition) is 1. The molecule has 0 amide bonds. The number of ether oxygens (including phenoxy) is 2. The van der Waals surface area contributed by atoms with Crippen molar-refractivity contribution in [3.8, 4) is 0 Å². The maximum atomic E-state index is 11.9. The van der Waals surface area contributed by atoms with Gasteiger partial charge >= 0.3 is 5.97 Å². The molecule has 2 unspecified atom stereocenters. The second-order valence-corrected chi connectivity index (χ2v) is 8.82. The highest BCUT2D eigenvalue weighted by Crippen LogP contribution is 2.64. The predicted molar refractivity (Wildman–Crippen MR) is 102 cm³/mol. The standard InChI is InChI=1S/C22H26N2O4/c1-4-11-13-9-15-18-16(12-7-5-6-8-14(12)23(18)3)20-19(17(13)22(26)28-20)24(15)21(11)27-10(2)25/h5-8,11,13,15,17,19-22,26H,4,9H2,1-3H3/t11-,13-,15-,17-,19?,20+,21+,22-/m0/s1. The Kier molecular flexibility index (Phi) is 3.39. The third kappa shape index (κ3) is 1.86. The van der Waals surface area contributed by atoms with Crippen molar-refractivity contribution in [1.82, 2.24) is 9.47 Å². The van der Waals surface area contributed by atoms with Crippen LogP contribution in [0.25, 0.3) is 10.9 Å². The maximum absolute atomic E-state index is 11.9. The second-order valence-electron chi connectivity index (χ2n) is 8.82. The van der Waals surface area contributed by atoms with Crippen molar-refractivity contribution in [2.75, 3.05) is 0 Å². The third-order valence-corrected chi connectivity index (χ3v) is 7.78. The van der Waals surface area contributed by atoms with Gasteiger partial charge in [0.1, 0.15) is 6.10 Å². The average Bonchev–Trinajstić information content (AvgIpc) is 3.18. The number of aliphatic hydroxyl groups is 1. The van der Waals surface area contributed by atoms with Gasteiger partial charge in [0.25, 0.3) is 0 Å². The Hall–Kier alpha value is -1.89. The molecule has 6 heterocycles. The molecule has 0 spiro atoms. The summed E-state index contributed by atoms with van der Waals surface area (Å²) in [6.07, 6.45) is 0.711. The predicted octanol–water partition coefficient (Wildman–Crippen LogP) is 2.86. The van der Waals surface area contributed by atoms with Crippen LogP contribution in [0.3, 0.4) is 0 Å². The second kappa shape index (κ2) is 5.59. The van der Waals surface area contributed by atoms with Gasteiger partial charge in [-0.2, -0.15) is 0 Å². The third-order valence-electron chi connectivity index (χ3n) is 7.78. The molecule has 1 aromatic carbocycles. The fourth-order valence-corrected chi connectivity index (χ4v) is 6.95. The Morgan fingerprint density at radius 2 is 2.14 bits per heavy atom. The molecule has 2 aromatic rings. The summed E-state index contributed by atoms with van der Waals surface area (Å²) in [5.74, 6) is 0.362. The quantitative estimate of drug-likeness (QED) is 0.810. The van der Waals surface area contributed by atoms with Crippen LogP contribution < -0.4 is 0 Å². The van der Waals surface area contributed by atoms with Crippen molar-refractivity contribution >= 4 is 16.9 Å². The topological polar surface area (TPSA) is 63.9 Å². The number of carbonyl (C=O) groups is 1. The summed E-state index contributed by atoms with van der Waals surface area (Å²) in [6, 6.07) is 8.68. The zero-order valence-electron chi connectivity index (χ0n) is 16.4. The number of carbonyl (C=O) groups excluding carboxylic acids is 1. The van der Waals surface area contributed by atoms with E-state index in [1.165, 1.54) is 29.1 Å². The van der Waals surface area contributed by atoms with E-state index >= 15 is 0 Å². The number of aliphatic hydroxyl groups excluding tert-OH is 1. The summed E-state index contributed by atoms with van der Waals surface area (Å²) in [5, 5.41) is 12.1. The first-order valence-electron chi connectivity index (χ1n) is 10.4. The highest BCUT2D eigenvalue weighted by atomic mass is 16.6. The minimum atomic E-state index is -0.763. The lowest BCUT2D eigenvalue weighted by Gasteiger charge is -2.61.